The summed E-state index contributed by atoms with van der Waals surface area (Å²) in [7, 11) is 0. The Kier molecular flexibility index (Phi) is 3.60. The largest absolute Gasteiger partial charge is 0.450 e. The standard InChI is InChI=1S/C9H7F3N2O2/c10-9(11,12)8(15)5-7(14-16)6-1-3-13-4-2-6/h1-4,16H,5H2. The van der Waals surface area contributed by atoms with E-state index in [1.807, 2.05) is 0 Å². The van der Waals surface area contributed by atoms with Crippen LogP contribution in [0.2, 0.25) is 0 Å². The summed E-state index contributed by atoms with van der Waals surface area (Å²) in [5, 5.41) is 11.2. The number of Topliss-reactive ketones (excluding diaryl/α,β-unsaturated/α-hetero) is 1. The van der Waals surface area contributed by atoms with Gasteiger partial charge in [-0.15, -0.1) is 0 Å². The number of carbonyl (C=O) groups is 1. The second-order valence-electron chi connectivity index (χ2n) is 2.88. The Morgan fingerprint density at radius 3 is 2.38 bits per heavy atom. The smallest absolute Gasteiger partial charge is 0.411 e. The summed E-state index contributed by atoms with van der Waals surface area (Å²) in [6.45, 7) is 0. The van der Waals surface area contributed by atoms with E-state index in [9.17, 15) is 18.0 Å². The van der Waals surface area contributed by atoms with Crippen molar-refractivity contribution in [1.82, 2.24) is 4.98 Å². The van der Waals surface area contributed by atoms with Crippen LogP contribution in [0.15, 0.2) is 29.7 Å². The van der Waals surface area contributed by atoms with E-state index >= 15 is 0 Å². The van der Waals surface area contributed by atoms with Crippen molar-refractivity contribution in [3.8, 4) is 0 Å². The predicted molar refractivity (Wildman–Crippen MR) is 48.2 cm³/mol. The summed E-state index contributed by atoms with van der Waals surface area (Å²) in [4.78, 5) is 14.3. The van der Waals surface area contributed by atoms with Gasteiger partial charge in [0.15, 0.2) is 0 Å². The fourth-order valence-electron chi connectivity index (χ4n) is 0.992. The third-order valence-corrected chi connectivity index (χ3v) is 1.78. The zero-order valence-electron chi connectivity index (χ0n) is 7.90. The van der Waals surface area contributed by atoms with Crippen molar-refractivity contribution in [2.45, 2.75) is 12.6 Å². The van der Waals surface area contributed by atoms with Crippen LogP contribution in [0.25, 0.3) is 0 Å². The molecule has 0 saturated heterocycles. The number of hydrogen-bond acceptors (Lipinski definition) is 4. The molecule has 1 heterocycles. The van der Waals surface area contributed by atoms with Crippen molar-refractivity contribution in [1.29, 1.82) is 0 Å². The van der Waals surface area contributed by atoms with Gasteiger partial charge in [0.2, 0.25) is 5.78 Å². The van der Waals surface area contributed by atoms with Crippen molar-refractivity contribution < 1.29 is 23.2 Å². The molecule has 0 spiro atoms. The third kappa shape index (κ3) is 3.04. The Hall–Kier alpha value is -1.92. The minimum absolute atomic E-state index is 0.218. The number of alkyl halides is 3. The van der Waals surface area contributed by atoms with E-state index in [0.717, 1.165) is 0 Å². The fourth-order valence-corrected chi connectivity index (χ4v) is 0.992. The number of aromatic nitrogens is 1. The molecule has 0 bridgehead atoms. The number of ketones is 1. The predicted octanol–water partition coefficient (Wildman–Crippen LogP) is 1.78. The zero-order chi connectivity index (χ0) is 12.2. The van der Waals surface area contributed by atoms with E-state index in [2.05, 4.69) is 10.1 Å². The second kappa shape index (κ2) is 4.73. The molecule has 0 aromatic carbocycles. The van der Waals surface area contributed by atoms with Crippen molar-refractivity contribution in [3.05, 3.63) is 30.1 Å². The average molecular weight is 232 g/mol. The lowest BCUT2D eigenvalue weighted by molar-refractivity contribution is -0.169. The monoisotopic (exact) mass is 232 g/mol. The van der Waals surface area contributed by atoms with Crippen LogP contribution in [0.4, 0.5) is 13.2 Å². The van der Waals surface area contributed by atoms with Gasteiger partial charge in [-0.05, 0) is 12.1 Å². The molecule has 0 fully saturated rings. The molecule has 86 valence electrons. The molecule has 0 unspecified atom stereocenters. The highest BCUT2D eigenvalue weighted by Gasteiger charge is 2.38. The molecule has 1 rings (SSSR count). The number of carbonyl (C=O) groups excluding carboxylic acids is 1. The van der Waals surface area contributed by atoms with E-state index in [-0.39, 0.29) is 11.3 Å². The maximum atomic E-state index is 12.0. The molecule has 0 amide bonds. The van der Waals surface area contributed by atoms with Crippen LogP contribution in [-0.2, 0) is 4.79 Å². The molecular weight excluding hydrogens is 225 g/mol. The molecule has 0 aliphatic carbocycles. The van der Waals surface area contributed by atoms with Crippen molar-refractivity contribution in [2.75, 3.05) is 0 Å². The number of pyridine rings is 1. The van der Waals surface area contributed by atoms with Crippen LogP contribution in [0.3, 0.4) is 0 Å². The molecule has 0 saturated carbocycles. The van der Waals surface area contributed by atoms with Gasteiger partial charge in [-0.2, -0.15) is 13.2 Å². The van der Waals surface area contributed by atoms with Gasteiger partial charge in [0.25, 0.3) is 0 Å². The number of nitrogens with zero attached hydrogens (tertiary/aromatic N) is 2. The first-order valence-corrected chi connectivity index (χ1v) is 4.16. The van der Waals surface area contributed by atoms with E-state index < -0.39 is 18.4 Å². The highest BCUT2D eigenvalue weighted by molar-refractivity contribution is 6.11. The Morgan fingerprint density at radius 2 is 1.94 bits per heavy atom. The molecule has 1 N–H and O–H groups in total. The SMILES string of the molecule is O=C(CC(=NO)c1ccncc1)C(F)(F)F. The van der Waals surface area contributed by atoms with Gasteiger partial charge >= 0.3 is 6.18 Å². The van der Waals surface area contributed by atoms with Crippen molar-refractivity contribution in [2.24, 2.45) is 5.16 Å². The summed E-state index contributed by atoms with van der Waals surface area (Å²) in [5.74, 6) is -1.96. The second-order valence-corrected chi connectivity index (χ2v) is 2.88. The molecule has 1 aromatic rings. The van der Waals surface area contributed by atoms with Gasteiger partial charge in [-0.1, -0.05) is 5.16 Å². The van der Waals surface area contributed by atoms with Crippen LogP contribution in [0.1, 0.15) is 12.0 Å². The van der Waals surface area contributed by atoms with Gasteiger partial charge in [0.1, 0.15) is 0 Å². The first kappa shape index (κ1) is 12.2. The molecule has 16 heavy (non-hydrogen) atoms. The normalized spacial score (nSPS) is 12.6. The van der Waals surface area contributed by atoms with Gasteiger partial charge in [0.05, 0.1) is 12.1 Å². The van der Waals surface area contributed by atoms with Crippen LogP contribution < -0.4 is 0 Å². The lowest BCUT2D eigenvalue weighted by atomic mass is 10.1. The van der Waals surface area contributed by atoms with Gasteiger partial charge in [-0.3, -0.25) is 9.78 Å². The first-order chi connectivity index (χ1) is 7.45. The molecular formula is C9H7F3N2O2. The number of halogens is 3. The van der Waals surface area contributed by atoms with E-state index in [0.29, 0.717) is 0 Å². The van der Waals surface area contributed by atoms with E-state index in [4.69, 9.17) is 5.21 Å². The van der Waals surface area contributed by atoms with Crippen LogP contribution in [-0.4, -0.2) is 27.9 Å². The molecule has 7 heteroatoms. The van der Waals surface area contributed by atoms with E-state index in [1.54, 1.807) is 0 Å². The zero-order valence-corrected chi connectivity index (χ0v) is 7.90. The summed E-state index contributed by atoms with van der Waals surface area (Å²) < 4.78 is 35.9. The number of rotatable bonds is 3. The Balaban J connectivity index is 2.84. The molecule has 0 radical (unpaired) electrons. The quantitative estimate of drug-likeness (QED) is 0.491. The van der Waals surface area contributed by atoms with Crippen LogP contribution in [0.5, 0.6) is 0 Å². The maximum absolute atomic E-state index is 12.0. The average Bonchev–Trinajstić information content (AvgIpc) is 2.25. The highest BCUT2D eigenvalue weighted by Crippen LogP contribution is 2.19. The van der Waals surface area contributed by atoms with Crippen molar-refractivity contribution in [3.63, 3.8) is 0 Å². The molecule has 1 aromatic heterocycles. The maximum Gasteiger partial charge on any atom is 0.450 e. The minimum Gasteiger partial charge on any atom is -0.411 e. The van der Waals surface area contributed by atoms with Gasteiger partial charge < -0.3 is 5.21 Å². The van der Waals surface area contributed by atoms with Crippen LogP contribution >= 0.6 is 0 Å². The fraction of sp³-hybridized carbons (Fsp3) is 0.222. The lowest BCUT2D eigenvalue weighted by Gasteiger charge is -2.06. The molecule has 0 atom stereocenters. The summed E-state index contributed by atoms with van der Waals surface area (Å²) in [5.41, 5.74) is -0.125. The topological polar surface area (TPSA) is 62.5 Å². The van der Waals surface area contributed by atoms with E-state index in [1.165, 1.54) is 24.5 Å². The first-order valence-electron chi connectivity index (χ1n) is 4.16. The Labute approximate surface area is 88.4 Å². The lowest BCUT2D eigenvalue weighted by Crippen LogP contribution is -2.25. The summed E-state index contributed by atoms with van der Waals surface area (Å²) in [6, 6.07) is 2.69. The summed E-state index contributed by atoms with van der Waals surface area (Å²) in [6.07, 6.45) is -3.29. The summed E-state index contributed by atoms with van der Waals surface area (Å²) >= 11 is 0. The van der Waals surface area contributed by atoms with Gasteiger partial charge in [0, 0.05) is 18.0 Å². The number of oxime groups is 1. The number of hydrogen-bond donors (Lipinski definition) is 1. The third-order valence-electron chi connectivity index (χ3n) is 1.78. The molecule has 4 nitrogen and oxygen atoms in total. The molecule has 0 aliphatic heterocycles. The molecule has 0 aliphatic rings. The highest BCUT2D eigenvalue weighted by atomic mass is 19.4. The van der Waals surface area contributed by atoms with Crippen molar-refractivity contribution >= 4 is 11.5 Å². The Morgan fingerprint density at radius 1 is 1.38 bits per heavy atom. The van der Waals surface area contributed by atoms with Gasteiger partial charge in [-0.25, -0.2) is 0 Å². The minimum atomic E-state index is -4.93. The Bertz CT molecular complexity index is 401. The van der Waals surface area contributed by atoms with Crippen LogP contribution in [0, 0.1) is 0 Å².